The van der Waals surface area contributed by atoms with Gasteiger partial charge in [-0.15, -0.1) is 0 Å². The Kier molecular flexibility index (Phi) is 4.17. The van der Waals surface area contributed by atoms with Crippen LogP contribution in [0.1, 0.15) is 5.56 Å². The van der Waals surface area contributed by atoms with E-state index in [0.717, 1.165) is 52.6 Å². The van der Waals surface area contributed by atoms with Crippen LogP contribution in [0.15, 0.2) is 34.8 Å². The number of carbonyl (C=O) groups is 1. The zero-order valence-electron chi connectivity index (χ0n) is 14.2. The zero-order valence-corrected chi connectivity index (χ0v) is 15.8. The molecular weight excluding hydrogens is 380 g/mol. The van der Waals surface area contributed by atoms with E-state index in [1.807, 2.05) is 6.07 Å². The van der Waals surface area contributed by atoms with Crippen molar-refractivity contribution >= 4 is 49.3 Å². The van der Waals surface area contributed by atoms with Gasteiger partial charge in [0, 0.05) is 52.6 Å². The van der Waals surface area contributed by atoms with E-state index >= 15 is 0 Å². The number of piperazine rings is 1. The third kappa shape index (κ3) is 3.12. The molecule has 3 aromatic rings. The number of nitrogens with one attached hydrogen (secondary N) is 1. The molecule has 0 bridgehead atoms. The van der Waals surface area contributed by atoms with E-state index < -0.39 is 0 Å². The number of fused-ring (bicyclic) bond motifs is 3. The van der Waals surface area contributed by atoms with Gasteiger partial charge >= 0.3 is 0 Å². The Morgan fingerprint density at radius 1 is 1.16 bits per heavy atom. The highest BCUT2D eigenvalue weighted by atomic mass is 79.9. The van der Waals surface area contributed by atoms with Gasteiger partial charge in [0.15, 0.2) is 0 Å². The lowest BCUT2D eigenvalue weighted by Gasteiger charge is -2.34. The molecule has 130 valence electrons. The third-order valence-electron chi connectivity index (χ3n) is 4.97. The SMILES string of the molecule is CN1CCN(c2ccc3c(c2)[nH]c2c(CC(N)=O)cc(Br)cc23)CC1. The van der Waals surface area contributed by atoms with Crippen molar-refractivity contribution in [2.75, 3.05) is 38.1 Å². The van der Waals surface area contributed by atoms with Crippen molar-refractivity contribution in [1.82, 2.24) is 9.88 Å². The maximum atomic E-state index is 11.4. The Labute approximate surface area is 154 Å². The first-order chi connectivity index (χ1) is 12.0. The number of nitrogens with zero attached hydrogens (tertiary/aromatic N) is 2. The number of nitrogens with two attached hydrogens (primary N) is 1. The molecule has 1 aliphatic heterocycles. The summed E-state index contributed by atoms with van der Waals surface area (Å²) < 4.78 is 0.959. The lowest BCUT2D eigenvalue weighted by Crippen LogP contribution is -2.44. The van der Waals surface area contributed by atoms with Crippen LogP contribution in [0.25, 0.3) is 21.8 Å². The molecule has 4 rings (SSSR count). The Hall–Kier alpha value is -2.05. The molecule has 1 fully saturated rings. The number of carbonyl (C=O) groups excluding carboxylic acids is 1. The van der Waals surface area contributed by atoms with Crippen LogP contribution in [0.4, 0.5) is 5.69 Å². The molecule has 0 radical (unpaired) electrons. The van der Waals surface area contributed by atoms with Crippen LogP contribution in [0, 0.1) is 0 Å². The van der Waals surface area contributed by atoms with Gasteiger partial charge in [-0.25, -0.2) is 0 Å². The summed E-state index contributed by atoms with van der Waals surface area (Å²) in [4.78, 5) is 19.7. The van der Waals surface area contributed by atoms with Crippen LogP contribution >= 0.6 is 15.9 Å². The molecule has 1 aliphatic rings. The average Bonchev–Trinajstić information content (AvgIpc) is 2.93. The van der Waals surface area contributed by atoms with E-state index in [-0.39, 0.29) is 12.3 Å². The summed E-state index contributed by atoms with van der Waals surface area (Å²) in [6.45, 7) is 4.25. The van der Waals surface area contributed by atoms with E-state index in [4.69, 9.17) is 5.73 Å². The molecule has 0 aliphatic carbocycles. The smallest absolute Gasteiger partial charge is 0.221 e. The van der Waals surface area contributed by atoms with Crippen LogP contribution in [0.5, 0.6) is 0 Å². The van der Waals surface area contributed by atoms with Crippen molar-refractivity contribution in [3.05, 3.63) is 40.4 Å². The molecule has 3 N–H and O–H groups in total. The second-order valence-electron chi connectivity index (χ2n) is 6.78. The van der Waals surface area contributed by atoms with Gasteiger partial charge in [0.2, 0.25) is 5.91 Å². The number of primary amides is 1. The van der Waals surface area contributed by atoms with Crippen LogP contribution in [0.2, 0.25) is 0 Å². The average molecular weight is 401 g/mol. The monoisotopic (exact) mass is 400 g/mol. The number of hydrogen-bond donors (Lipinski definition) is 2. The molecule has 1 saturated heterocycles. The van der Waals surface area contributed by atoms with Crippen LogP contribution < -0.4 is 10.6 Å². The molecule has 1 amide bonds. The second kappa shape index (κ2) is 6.35. The molecule has 6 heteroatoms. The Balaban J connectivity index is 1.80. The lowest BCUT2D eigenvalue weighted by atomic mass is 10.1. The van der Waals surface area contributed by atoms with Crippen molar-refractivity contribution < 1.29 is 4.79 Å². The van der Waals surface area contributed by atoms with Gasteiger partial charge in [0.25, 0.3) is 0 Å². The molecule has 5 nitrogen and oxygen atoms in total. The fraction of sp³-hybridized carbons (Fsp3) is 0.316. The van der Waals surface area contributed by atoms with Gasteiger partial charge < -0.3 is 20.5 Å². The van der Waals surface area contributed by atoms with E-state index in [9.17, 15) is 4.79 Å². The van der Waals surface area contributed by atoms with Gasteiger partial charge in [0.05, 0.1) is 11.9 Å². The minimum Gasteiger partial charge on any atom is -0.369 e. The molecule has 0 unspecified atom stereocenters. The Morgan fingerprint density at radius 3 is 2.64 bits per heavy atom. The van der Waals surface area contributed by atoms with Gasteiger partial charge in [-0.1, -0.05) is 22.0 Å². The summed E-state index contributed by atoms with van der Waals surface area (Å²) in [6.07, 6.45) is 0.230. The summed E-state index contributed by atoms with van der Waals surface area (Å²) in [5.74, 6) is -0.323. The number of amides is 1. The van der Waals surface area contributed by atoms with E-state index in [1.165, 1.54) is 11.1 Å². The highest BCUT2D eigenvalue weighted by molar-refractivity contribution is 9.10. The molecule has 1 aromatic heterocycles. The number of halogens is 1. The highest BCUT2D eigenvalue weighted by Gasteiger charge is 2.16. The summed E-state index contributed by atoms with van der Waals surface area (Å²) >= 11 is 3.55. The second-order valence-corrected chi connectivity index (χ2v) is 7.69. The number of benzene rings is 2. The minimum absolute atomic E-state index is 0.230. The number of hydrogen-bond acceptors (Lipinski definition) is 3. The van der Waals surface area contributed by atoms with Crippen molar-refractivity contribution in [1.29, 1.82) is 0 Å². The fourth-order valence-electron chi connectivity index (χ4n) is 3.62. The van der Waals surface area contributed by atoms with Crippen LogP contribution in [0.3, 0.4) is 0 Å². The Bertz CT molecular complexity index is 957. The van der Waals surface area contributed by atoms with Crippen molar-refractivity contribution in [3.63, 3.8) is 0 Å². The predicted molar refractivity (Wildman–Crippen MR) is 106 cm³/mol. The molecule has 25 heavy (non-hydrogen) atoms. The van der Waals surface area contributed by atoms with Crippen LogP contribution in [-0.2, 0) is 11.2 Å². The van der Waals surface area contributed by atoms with E-state index in [1.54, 1.807) is 0 Å². The van der Waals surface area contributed by atoms with Crippen molar-refractivity contribution in [3.8, 4) is 0 Å². The number of aromatic nitrogens is 1. The third-order valence-corrected chi connectivity index (χ3v) is 5.43. The molecule has 0 saturated carbocycles. The van der Waals surface area contributed by atoms with Crippen molar-refractivity contribution in [2.24, 2.45) is 5.73 Å². The first-order valence-electron chi connectivity index (χ1n) is 8.47. The summed E-state index contributed by atoms with van der Waals surface area (Å²) in [5, 5.41) is 2.28. The first kappa shape index (κ1) is 16.4. The maximum absolute atomic E-state index is 11.4. The van der Waals surface area contributed by atoms with Gasteiger partial charge in [0.1, 0.15) is 0 Å². The van der Waals surface area contributed by atoms with Crippen molar-refractivity contribution in [2.45, 2.75) is 6.42 Å². The molecule has 0 spiro atoms. The van der Waals surface area contributed by atoms with Gasteiger partial charge in [-0.2, -0.15) is 0 Å². The summed E-state index contributed by atoms with van der Waals surface area (Å²) in [6, 6.07) is 10.6. The normalized spacial score (nSPS) is 16.0. The molecular formula is C19H21BrN4O. The summed E-state index contributed by atoms with van der Waals surface area (Å²) in [7, 11) is 2.16. The number of rotatable bonds is 3. The van der Waals surface area contributed by atoms with E-state index in [0.29, 0.717) is 0 Å². The summed E-state index contributed by atoms with van der Waals surface area (Å²) in [5.41, 5.74) is 9.66. The van der Waals surface area contributed by atoms with Gasteiger partial charge in [-0.3, -0.25) is 4.79 Å². The minimum atomic E-state index is -0.323. The number of anilines is 1. The number of aromatic amines is 1. The number of H-pyrrole nitrogens is 1. The molecule has 0 atom stereocenters. The molecule has 2 heterocycles. The van der Waals surface area contributed by atoms with E-state index in [2.05, 4.69) is 62.0 Å². The topological polar surface area (TPSA) is 65.4 Å². The largest absolute Gasteiger partial charge is 0.369 e. The quantitative estimate of drug-likeness (QED) is 0.710. The lowest BCUT2D eigenvalue weighted by molar-refractivity contribution is -0.117. The zero-order chi connectivity index (χ0) is 17.6. The number of likely N-dealkylation sites (N-methyl/N-ethyl adjacent to an activating group) is 1. The maximum Gasteiger partial charge on any atom is 0.221 e. The first-order valence-corrected chi connectivity index (χ1v) is 9.26. The Morgan fingerprint density at radius 2 is 1.92 bits per heavy atom. The highest BCUT2D eigenvalue weighted by Crippen LogP contribution is 2.33. The predicted octanol–water partition coefficient (Wildman–Crippen LogP) is 2.86. The van der Waals surface area contributed by atoms with Gasteiger partial charge in [-0.05, 0) is 36.9 Å². The molecule has 2 aromatic carbocycles. The standard InChI is InChI=1S/C19H21BrN4O/c1-23-4-6-24(7-5-23)14-2-3-15-16-10-13(20)8-12(9-18(21)25)19(16)22-17(15)11-14/h2-3,8,10-11,22H,4-7,9H2,1H3,(H2,21,25). The van der Waals surface area contributed by atoms with Crippen LogP contribution in [-0.4, -0.2) is 49.0 Å². The fourth-order valence-corrected chi connectivity index (χ4v) is 4.12.